The summed E-state index contributed by atoms with van der Waals surface area (Å²) < 4.78 is 12.8. The molecule has 1 spiro atoms. The van der Waals surface area contributed by atoms with Crippen molar-refractivity contribution in [1.82, 2.24) is 4.90 Å². The van der Waals surface area contributed by atoms with Gasteiger partial charge >= 0.3 is 0 Å². The maximum atomic E-state index is 15.0. The number of anilines is 3. The number of carbonyl (C=O) groups excluding carboxylic acids is 3. The van der Waals surface area contributed by atoms with Crippen LogP contribution in [0.25, 0.3) is 0 Å². The van der Waals surface area contributed by atoms with E-state index in [1.165, 1.54) is 0 Å². The highest BCUT2D eigenvalue weighted by molar-refractivity contribution is 6.07. The van der Waals surface area contributed by atoms with Gasteiger partial charge in [0.15, 0.2) is 0 Å². The quantitative estimate of drug-likeness (QED) is 0.343. The Morgan fingerprint density at radius 1 is 0.837 bits per heavy atom. The number of carbonyl (C=O) groups is 3. The van der Waals surface area contributed by atoms with Gasteiger partial charge in [0.25, 0.3) is 5.91 Å². The van der Waals surface area contributed by atoms with Gasteiger partial charge in [-0.05, 0) is 81.6 Å². The number of hydrogen-bond acceptors (Lipinski definition) is 7. The first-order chi connectivity index (χ1) is 23.6. The highest BCUT2D eigenvalue weighted by Crippen LogP contribution is 2.59. The second-order valence-electron chi connectivity index (χ2n) is 13.7. The Balaban J connectivity index is 1.45. The summed E-state index contributed by atoms with van der Waals surface area (Å²) in [5.74, 6) is -2.19. The van der Waals surface area contributed by atoms with Crippen molar-refractivity contribution in [2.75, 3.05) is 54.1 Å². The number of likely N-dealkylation sites (tertiary alicyclic amines) is 1. The number of aliphatic hydroxyl groups excluding tert-OH is 1. The topological polar surface area (TPSA) is 103 Å². The van der Waals surface area contributed by atoms with Crippen LogP contribution >= 0.6 is 0 Å². The first-order valence-corrected chi connectivity index (χ1v) is 17.8. The van der Waals surface area contributed by atoms with E-state index in [1.807, 2.05) is 101 Å². The molecule has 2 aromatic rings. The third kappa shape index (κ3) is 5.53. The zero-order valence-corrected chi connectivity index (χ0v) is 29.5. The van der Waals surface area contributed by atoms with E-state index in [0.717, 1.165) is 18.8 Å². The maximum Gasteiger partial charge on any atom is 0.253 e. The SMILES string of the molecule is CCOc1ccc(N2CC=C[C@@]3(CC)O[C@]45C=CCN(c6ccc(N(CC)CC)cc6)C(=O)C4N([C@@H](CO)C(C)C)C(=O)[C@@H]5[C@H]3C2=O)cc1. The van der Waals surface area contributed by atoms with Gasteiger partial charge in [-0.25, -0.2) is 0 Å². The van der Waals surface area contributed by atoms with Crippen molar-refractivity contribution in [3.8, 4) is 5.75 Å². The molecular weight excluding hydrogens is 620 g/mol. The number of benzene rings is 2. The Labute approximate surface area is 289 Å². The van der Waals surface area contributed by atoms with E-state index in [2.05, 4.69) is 18.7 Å². The molecule has 262 valence electrons. The minimum Gasteiger partial charge on any atom is -0.494 e. The number of hydrogen-bond donors (Lipinski definition) is 1. The van der Waals surface area contributed by atoms with Crippen molar-refractivity contribution in [3.05, 3.63) is 72.8 Å². The van der Waals surface area contributed by atoms with Crippen LogP contribution in [-0.2, 0) is 19.1 Å². The lowest BCUT2D eigenvalue weighted by molar-refractivity contribution is -0.150. The zero-order chi connectivity index (χ0) is 35.1. The van der Waals surface area contributed by atoms with Gasteiger partial charge in [0, 0.05) is 43.2 Å². The third-order valence-corrected chi connectivity index (χ3v) is 10.9. The molecule has 3 amide bonds. The van der Waals surface area contributed by atoms with E-state index in [0.29, 0.717) is 36.7 Å². The van der Waals surface area contributed by atoms with Crippen molar-refractivity contribution in [2.24, 2.45) is 17.8 Å². The average Bonchev–Trinajstić information content (AvgIpc) is 3.39. The molecular formula is C39H50N4O6. The Morgan fingerprint density at radius 3 is 1.98 bits per heavy atom. The molecule has 0 radical (unpaired) electrons. The molecule has 10 nitrogen and oxygen atoms in total. The lowest BCUT2D eigenvalue weighted by Crippen LogP contribution is -2.60. The fourth-order valence-electron chi connectivity index (χ4n) is 8.46. The van der Waals surface area contributed by atoms with Gasteiger partial charge in [0.05, 0.1) is 36.7 Å². The van der Waals surface area contributed by atoms with E-state index in [-0.39, 0.29) is 36.8 Å². The Hall–Kier alpha value is -4.15. The number of amides is 3. The van der Waals surface area contributed by atoms with E-state index in [1.54, 1.807) is 14.7 Å². The van der Waals surface area contributed by atoms with Crippen molar-refractivity contribution in [2.45, 2.75) is 71.2 Å². The summed E-state index contributed by atoms with van der Waals surface area (Å²) in [6.07, 6.45) is 8.07. The minimum atomic E-state index is -1.42. The highest BCUT2D eigenvalue weighted by atomic mass is 16.5. The largest absolute Gasteiger partial charge is 0.494 e. The molecule has 4 heterocycles. The average molecular weight is 671 g/mol. The first kappa shape index (κ1) is 34.7. The van der Waals surface area contributed by atoms with Crippen LogP contribution in [0.15, 0.2) is 72.8 Å². The van der Waals surface area contributed by atoms with E-state index in [9.17, 15) is 14.7 Å². The molecule has 0 bridgehead atoms. The molecule has 0 saturated carbocycles. The van der Waals surface area contributed by atoms with Gasteiger partial charge in [-0.3, -0.25) is 14.4 Å². The second kappa shape index (κ2) is 13.6. The van der Waals surface area contributed by atoms with Gasteiger partial charge in [0.1, 0.15) is 17.4 Å². The van der Waals surface area contributed by atoms with Crippen LogP contribution in [-0.4, -0.2) is 90.4 Å². The van der Waals surface area contributed by atoms with Crippen LogP contribution in [0.1, 0.15) is 48.0 Å². The van der Waals surface area contributed by atoms with Crippen molar-refractivity contribution >= 4 is 34.8 Å². The summed E-state index contributed by atoms with van der Waals surface area (Å²) >= 11 is 0. The summed E-state index contributed by atoms with van der Waals surface area (Å²) in [5, 5.41) is 10.7. The molecule has 2 fully saturated rings. The number of nitrogens with zero attached hydrogens (tertiary/aromatic N) is 4. The fourth-order valence-corrected chi connectivity index (χ4v) is 8.46. The van der Waals surface area contributed by atoms with Crippen LogP contribution in [0.5, 0.6) is 5.75 Å². The second-order valence-corrected chi connectivity index (χ2v) is 13.7. The van der Waals surface area contributed by atoms with Crippen LogP contribution in [0.3, 0.4) is 0 Å². The zero-order valence-electron chi connectivity index (χ0n) is 29.5. The Bertz CT molecular complexity index is 1600. The lowest BCUT2D eigenvalue weighted by Gasteiger charge is -2.41. The number of rotatable bonds is 11. The normalized spacial score (nSPS) is 28.4. The van der Waals surface area contributed by atoms with Crippen LogP contribution in [0.2, 0.25) is 0 Å². The molecule has 1 unspecified atom stereocenters. The molecule has 4 aliphatic rings. The van der Waals surface area contributed by atoms with Crippen LogP contribution in [0.4, 0.5) is 17.1 Å². The fraction of sp³-hybridized carbons (Fsp3) is 0.513. The van der Waals surface area contributed by atoms with Gasteiger partial charge < -0.3 is 34.2 Å². The summed E-state index contributed by atoms with van der Waals surface area (Å²) in [4.78, 5) is 52.0. The molecule has 2 saturated heterocycles. The molecule has 10 heteroatoms. The van der Waals surface area contributed by atoms with E-state index in [4.69, 9.17) is 9.47 Å². The number of fused-ring (bicyclic) bond motifs is 2. The predicted octanol–water partition coefficient (Wildman–Crippen LogP) is 4.82. The van der Waals surface area contributed by atoms with Crippen molar-refractivity contribution in [3.63, 3.8) is 0 Å². The molecule has 0 aromatic heterocycles. The lowest BCUT2D eigenvalue weighted by atomic mass is 9.73. The number of aliphatic hydroxyl groups is 1. The van der Waals surface area contributed by atoms with Crippen LogP contribution in [0, 0.1) is 17.8 Å². The predicted molar refractivity (Wildman–Crippen MR) is 191 cm³/mol. The Morgan fingerprint density at radius 2 is 1.43 bits per heavy atom. The van der Waals surface area contributed by atoms with E-state index < -0.39 is 35.1 Å². The summed E-state index contributed by atoms with van der Waals surface area (Å²) in [7, 11) is 0. The van der Waals surface area contributed by atoms with Crippen molar-refractivity contribution < 1.29 is 29.0 Å². The van der Waals surface area contributed by atoms with Crippen molar-refractivity contribution in [1.29, 1.82) is 0 Å². The molecule has 0 aliphatic carbocycles. The van der Waals surface area contributed by atoms with E-state index >= 15 is 4.79 Å². The smallest absolute Gasteiger partial charge is 0.253 e. The molecule has 6 atom stereocenters. The third-order valence-electron chi connectivity index (χ3n) is 10.9. The summed E-state index contributed by atoms with van der Waals surface area (Å²) in [5.41, 5.74) is -0.0767. The first-order valence-electron chi connectivity index (χ1n) is 17.8. The van der Waals surface area contributed by atoms with Gasteiger partial charge in [0.2, 0.25) is 11.8 Å². The molecule has 6 rings (SSSR count). The van der Waals surface area contributed by atoms with Gasteiger partial charge in [-0.2, -0.15) is 0 Å². The van der Waals surface area contributed by atoms with Gasteiger partial charge in [-0.1, -0.05) is 45.1 Å². The Kier molecular flexibility index (Phi) is 9.66. The summed E-state index contributed by atoms with van der Waals surface area (Å²) in [6.45, 7) is 14.5. The standard InChI is InChI=1S/C39H50N4O6/c1-7-38-21-11-23-41(29-17-19-30(20-18-29)48-10-4)35(45)32(38)33-36(46)43(31(25-44)26(5)6)34-37(47)42(24-12-22-39(33,34)49-38)28-15-13-27(14-16-28)40(8-2)9-3/h11-22,26,31-34,44H,7-10,23-25H2,1-6H3/t31-,32-,33-,34?,38+,39-/m0/s1. The molecule has 2 aromatic carbocycles. The number of ether oxygens (including phenoxy) is 2. The monoisotopic (exact) mass is 670 g/mol. The maximum absolute atomic E-state index is 15.0. The molecule has 4 aliphatic heterocycles. The molecule has 49 heavy (non-hydrogen) atoms. The van der Waals surface area contributed by atoms with Crippen LogP contribution < -0.4 is 19.4 Å². The molecule has 1 N–H and O–H groups in total. The highest BCUT2D eigenvalue weighted by Gasteiger charge is 2.76. The summed E-state index contributed by atoms with van der Waals surface area (Å²) in [6, 6.07) is 13.6. The van der Waals surface area contributed by atoms with Gasteiger partial charge in [-0.15, -0.1) is 0 Å². The minimum absolute atomic E-state index is 0.160.